The maximum atomic E-state index is 12.9. The van der Waals surface area contributed by atoms with Gasteiger partial charge in [0.25, 0.3) is 0 Å². The van der Waals surface area contributed by atoms with Gasteiger partial charge in [0, 0.05) is 0 Å². The van der Waals surface area contributed by atoms with Gasteiger partial charge in [-0.15, -0.1) is 0 Å². The molecule has 0 fully saturated rings. The largest absolute Gasteiger partial charge is 0.489 e. The summed E-state index contributed by atoms with van der Waals surface area (Å²) in [5.41, 5.74) is 0. The van der Waals surface area contributed by atoms with E-state index in [1.165, 1.54) is 18.2 Å². The summed E-state index contributed by atoms with van der Waals surface area (Å²) in [5, 5.41) is 4.74. The zero-order valence-electron chi connectivity index (χ0n) is 7.31. The van der Waals surface area contributed by atoms with Crippen molar-refractivity contribution in [1.29, 1.82) is 0 Å². The maximum absolute atomic E-state index is 12.9. The second-order valence-corrected chi connectivity index (χ2v) is 4.38. The van der Waals surface area contributed by atoms with E-state index in [0.717, 1.165) is 0 Å². The number of sulfonamides is 1. The van der Waals surface area contributed by atoms with Crippen molar-refractivity contribution < 1.29 is 17.5 Å². The lowest BCUT2D eigenvalue weighted by Gasteiger charge is -2.05. The summed E-state index contributed by atoms with van der Waals surface area (Å²) in [5.74, 6) is -0.834. The fourth-order valence-corrected chi connectivity index (χ4v) is 1.15. The van der Waals surface area contributed by atoms with Crippen molar-refractivity contribution in [1.82, 2.24) is 0 Å². The lowest BCUT2D eigenvalue weighted by Crippen LogP contribution is -2.21. The molecule has 0 radical (unpaired) electrons. The van der Waals surface area contributed by atoms with Crippen molar-refractivity contribution in [2.24, 2.45) is 5.14 Å². The average molecular weight is 219 g/mol. The van der Waals surface area contributed by atoms with E-state index < -0.39 is 15.8 Å². The highest BCUT2D eigenvalue weighted by molar-refractivity contribution is 7.89. The van der Waals surface area contributed by atoms with Gasteiger partial charge in [0.2, 0.25) is 10.0 Å². The molecule has 0 amide bonds. The molecule has 6 heteroatoms. The first-order valence-corrected chi connectivity index (χ1v) is 5.58. The Morgan fingerprint density at radius 1 is 1.36 bits per heavy atom. The van der Waals surface area contributed by atoms with Gasteiger partial charge in [0.1, 0.15) is 6.61 Å². The number of hydrogen-bond acceptors (Lipinski definition) is 3. The lowest BCUT2D eigenvalue weighted by molar-refractivity contribution is 0.322. The summed E-state index contributed by atoms with van der Waals surface area (Å²) in [6.07, 6.45) is 0. The van der Waals surface area contributed by atoms with Crippen molar-refractivity contribution in [2.45, 2.75) is 0 Å². The topological polar surface area (TPSA) is 69.4 Å². The highest BCUT2D eigenvalue weighted by Crippen LogP contribution is 2.14. The van der Waals surface area contributed by atoms with Crippen LogP contribution >= 0.6 is 0 Å². The quantitative estimate of drug-likeness (QED) is 0.801. The van der Waals surface area contributed by atoms with E-state index in [4.69, 9.17) is 9.88 Å². The van der Waals surface area contributed by atoms with Gasteiger partial charge in [-0.25, -0.2) is 17.9 Å². The molecule has 0 saturated heterocycles. The van der Waals surface area contributed by atoms with Crippen molar-refractivity contribution in [3.05, 3.63) is 30.1 Å². The normalized spacial score (nSPS) is 11.3. The van der Waals surface area contributed by atoms with E-state index in [9.17, 15) is 12.8 Å². The Labute approximate surface area is 81.5 Å². The molecule has 0 aliphatic carbocycles. The smallest absolute Gasteiger partial charge is 0.212 e. The van der Waals surface area contributed by atoms with Gasteiger partial charge in [-0.1, -0.05) is 12.1 Å². The molecule has 0 bridgehead atoms. The Kier molecular flexibility index (Phi) is 3.43. The molecule has 1 rings (SSSR count). The molecule has 2 N–H and O–H groups in total. The second-order valence-electron chi connectivity index (χ2n) is 2.65. The number of benzene rings is 1. The fourth-order valence-electron chi connectivity index (χ4n) is 0.830. The molecule has 0 aliphatic heterocycles. The highest BCUT2D eigenvalue weighted by Gasteiger charge is 2.05. The number of primary sulfonamides is 1. The van der Waals surface area contributed by atoms with Crippen LogP contribution in [-0.2, 0) is 10.0 Å². The first-order chi connectivity index (χ1) is 6.49. The van der Waals surface area contributed by atoms with Crippen molar-refractivity contribution >= 4 is 10.0 Å². The van der Waals surface area contributed by atoms with Gasteiger partial charge < -0.3 is 4.74 Å². The van der Waals surface area contributed by atoms with Crippen LogP contribution in [0.1, 0.15) is 0 Å². The third kappa shape index (κ3) is 3.71. The van der Waals surface area contributed by atoms with Crippen LogP contribution in [-0.4, -0.2) is 20.8 Å². The standard InChI is InChI=1S/C8H10FNO3S/c9-7-3-1-2-4-8(7)13-5-6-14(10,11)12/h1-4H,5-6H2,(H2,10,11,12). The zero-order chi connectivity index (χ0) is 10.6. The summed E-state index contributed by atoms with van der Waals surface area (Å²) in [6, 6.07) is 5.75. The number of hydrogen-bond donors (Lipinski definition) is 1. The molecule has 0 heterocycles. The predicted octanol–water partition coefficient (Wildman–Crippen LogP) is 0.493. The van der Waals surface area contributed by atoms with Crippen LogP contribution in [0.4, 0.5) is 4.39 Å². The minimum atomic E-state index is -3.55. The van der Waals surface area contributed by atoms with Crippen molar-refractivity contribution in [2.75, 3.05) is 12.4 Å². The van der Waals surface area contributed by atoms with Crippen molar-refractivity contribution in [3.8, 4) is 5.75 Å². The molecule has 0 unspecified atom stereocenters. The number of rotatable bonds is 4. The molecule has 0 aliphatic rings. The molecular weight excluding hydrogens is 209 g/mol. The summed E-state index contributed by atoms with van der Waals surface area (Å²) >= 11 is 0. The first-order valence-electron chi connectivity index (χ1n) is 3.87. The van der Waals surface area contributed by atoms with Gasteiger partial charge in [0.05, 0.1) is 5.75 Å². The van der Waals surface area contributed by atoms with Crippen LogP contribution in [0.3, 0.4) is 0 Å². The minimum absolute atomic E-state index is 0.0242. The van der Waals surface area contributed by atoms with Crippen LogP contribution < -0.4 is 9.88 Å². The van der Waals surface area contributed by atoms with Gasteiger partial charge in [-0.05, 0) is 12.1 Å². The molecule has 0 aromatic heterocycles. The van der Waals surface area contributed by atoms with Crippen LogP contribution in [0, 0.1) is 5.82 Å². The van der Waals surface area contributed by atoms with Crippen LogP contribution in [0.2, 0.25) is 0 Å². The van der Waals surface area contributed by atoms with Gasteiger partial charge in [-0.2, -0.15) is 0 Å². The van der Waals surface area contributed by atoms with Crippen LogP contribution in [0.25, 0.3) is 0 Å². The van der Waals surface area contributed by atoms with Crippen molar-refractivity contribution in [3.63, 3.8) is 0 Å². The SMILES string of the molecule is NS(=O)(=O)CCOc1ccccc1F. The number of halogens is 1. The Bertz CT molecular complexity index is 405. The number of para-hydroxylation sites is 1. The molecule has 0 spiro atoms. The second kappa shape index (κ2) is 4.39. The summed E-state index contributed by atoms with van der Waals surface area (Å²) < 4.78 is 38.8. The Hall–Kier alpha value is -1.14. The minimum Gasteiger partial charge on any atom is -0.489 e. The molecular formula is C8H10FNO3S. The Morgan fingerprint density at radius 2 is 2.00 bits per heavy atom. The number of ether oxygens (including phenoxy) is 1. The van der Waals surface area contributed by atoms with Crippen LogP contribution in [0.5, 0.6) is 5.75 Å². The lowest BCUT2D eigenvalue weighted by atomic mass is 10.3. The first kappa shape index (κ1) is 10.9. The van der Waals surface area contributed by atoms with E-state index in [1.54, 1.807) is 6.07 Å². The summed E-state index contributed by atoms with van der Waals surface area (Å²) in [6.45, 7) is -0.153. The van der Waals surface area contributed by atoms with E-state index in [-0.39, 0.29) is 18.1 Å². The van der Waals surface area contributed by atoms with Gasteiger partial charge >= 0.3 is 0 Å². The predicted molar refractivity (Wildman–Crippen MR) is 49.9 cm³/mol. The molecule has 1 aromatic rings. The van der Waals surface area contributed by atoms with E-state index in [0.29, 0.717) is 0 Å². The molecule has 0 saturated carbocycles. The number of nitrogens with two attached hydrogens (primary N) is 1. The molecule has 78 valence electrons. The highest BCUT2D eigenvalue weighted by atomic mass is 32.2. The van der Waals surface area contributed by atoms with E-state index >= 15 is 0 Å². The van der Waals surface area contributed by atoms with E-state index in [1.807, 2.05) is 0 Å². The van der Waals surface area contributed by atoms with Gasteiger partial charge in [-0.3, -0.25) is 0 Å². The summed E-state index contributed by atoms with van der Waals surface area (Å²) in [4.78, 5) is 0. The molecule has 0 atom stereocenters. The Balaban J connectivity index is 2.51. The summed E-state index contributed by atoms with van der Waals surface area (Å²) in [7, 11) is -3.55. The molecule has 1 aromatic carbocycles. The Morgan fingerprint density at radius 3 is 2.57 bits per heavy atom. The molecule has 14 heavy (non-hydrogen) atoms. The fraction of sp³-hybridized carbons (Fsp3) is 0.250. The monoisotopic (exact) mass is 219 g/mol. The average Bonchev–Trinajstić information content (AvgIpc) is 2.06. The van der Waals surface area contributed by atoms with E-state index in [2.05, 4.69) is 0 Å². The maximum Gasteiger partial charge on any atom is 0.212 e. The molecule has 4 nitrogen and oxygen atoms in total. The van der Waals surface area contributed by atoms with Gasteiger partial charge in [0.15, 0.2) is 11.6 Å². The third-order valence-electron chi connectivity index (χ3n) is 1.46. The zero-order valence-corrected chi connectivity index (χ0v) is 8.13. The van der Waals surface area contributed by atoms with Crippen LogP contribution in [0.15, 0.2) is 24.3 Å². The third-order valence-corrected chi connectivity index (χ3v) is 2.20.